The molecule has 0 saturated carbocycles. The predicted octanol–water partition coefficient (Wildman–Crippen LogP) is 4.17. The summed E-state index contributed by atoms with van der Waals surface area (Å²) in [7, 11) is -3.05. The van der Waals surface area contributed by atoms with Crippen LogP contribution in [-0.4, -0.2) is 85.5 Å². The van der Waals surface area contributed by atoms with Crippen molar-refractivity contribution in [3.8, 4) is 0 Å². The van der Waals surface area contributed by atoms with Crippen molar-refractivity contribution in [2.75, 3.05) is 32.8 Å². The van der Waals surface area contributed by atoms with Gasteiger partial charge < -0.3 is 29.4 Å². The van der Waals surface area contributed by atoms with Crippen LogP contribution in [0.3, 0.4) is 0 Å². The number of nitrogens with zero attached hydrogens (tertiary/aromatic N) is 1. The molecule has 2 aromatic carbocycles. The summed E-state index contributed by atoms with van der Waals surface area (Å²) in [4.78, 5) is 41.3. The van der Waals surface area contributed by atoms with Gasteiger partial charge in [-0.05, 0) is 36.2 Å². The Labute approximate surface area is 276 Å². The summed E-state index contributed by atoms with van der Waals surface area (Å²) >= 11 is 17.2. The number of alkyl carbamates (subject to hydrolysis) is 1. The van der Waals surface area contributed by atoms with Gasteiger partial charge in [-0.3, -0.25) is 9.59 Å². The molecule has 1 saturated heterocycles. The zero-order chi connectivity index (χ0) is 32.8. The molecule has 1 fully saturated rings. The van der Waals surface area contributed by atoms with Crippen molar-refractivity contribution in [2.24, 2.45) is 0 Å². The summed E-state index contributed by atoms with van der Waals surface area (Å²) in [5.74, 6) is -1.08. The Balaban J connectivity index is 1.94. The first kappa shape index (κ1) is 36.1. The number of esters is 1. The van der Waals surface area contributed by atoms with E-state index in [9.17, 15) is 14.4 Å². The van der Waals surface area contributed by atoms with Crippen LogP contribution < -0.4 is 21.0 Å². The Hall–Kier alpha value is -2.34. The normalized spacial score (nSPS) is 17.0. The lowest BCUT2D eigenvalue weighted by molar-refractivity contribution is -0.148. The fourth-order valence-corrected chi connectivity index (χ4v) is 9.91. The van der Waals surface area contributed by atoms with E-state index in [-0.39, 0.29) is 18.2 Å². The molecule has 1 aliphatic rings. The maximum atomic E-state index is 14.1. The van der Waals surface area contributed by atoms with E-state index in [0.29, 0.717) is 13.1 Å². The van der Waals surface area contributed by atoms with E-state index in [1.54, 1.807) is 20.8 Å². The average Bonchev–Trinajstić information content (AvgIpc) is 2.94. The Morgan fingerprint density at radius 1 is 0.955 bits per heavy atom. The van der Waals surface area contributed by atoms with E-state index in [2.05, 4.69) is 31.4 Å². The van der Waals surface area contributed by atoms with Gasteiger partial charge >= 0.3 is 12.1 Å². The molecular weight excluding hydrogens is 645 g/mol. The van der Waals surface area contributed by atoms with E-state index in [1.165, 1.54) is 4.90 Å². The van der Waals surface area contributed by atoms with Crippen LogP contribution in [0.15, 0.2) is 60.7 Å². The number of rotatable bonds is 9. The summed E-state index contributed by atoms with van der Waals surface area (Å²) in [5, 5.41) is 7.48. The molecule has 9 nitrogen and oxygen atoms in total. The molecule has 13 heteroatoms. The van der Waals surface area contributed by atoms with E-state index in [4.69, 9.17) is 48.7 Å². The maximum absolute atomic E-state index is 14.1. The molecule has 44 heavy (non-hydrogen) atoms. The highest BCUT2D eigenvalue weighted by molar-refractivity contribution is 6.99. The molecule has 1 aliphatic heterocycles. The highest BCUT2D eigenvalue weighted by Gasteiger charge is 2.51. The van der Waals surface area contributed by atoms with Gasteiger partial charge in [0.15, 0.2) is 0 Å². The highest BCUT2D eigenvalue weighted by atomic mass is 35.6. The topological polar surface area (TPSA) is 106 Å². The molecule has 2 N–H and O–H groups in total. The van der Waals surface area contributed by atoms with Crippen LogP contribution in [0.4, 0.5) is 4.79 Å². The molecule has 2 aromatic rings. The van der Waals surface area contributed by atoms with Gasteiger partial charge in [0, 0.05) is 19.6 Å². The van der Waals surface area contributed by atoms with Crippen molar-refractivity contribution in [1.82, 2.24) is 15.5 Å². The largest absolute Gasteiger partial charge is 0.460 e. The monoisotopic (exact) mass is 685 g/mol. The molecule has 1 heterocycles. The zero-order valence-electron chi connectivity index (χ0n) is 26.0. The molecular formula is C31H42Cl3N3O6Si. The van der Waals surface area contributed by atoms with Gasteiger partial charge in [-0.25, -0.2) is 4.79 Å². The lowest BCUT2D eigenvalue weighted by Crippen LogP contribution is -2.68. The van der Waals surface area contributed by atoms with Crippen LogP contribution in [0.1, 0.15) is 41.5 Å². The van der Waals surface area contributed by atoms with Crippen LogP contribution in [0, 0.1) is 0 Å². The minimum absolute atomic E-state index is 0.0107. The minimum Gasteiger partial charge on any atom is -0.460 e. The standard InChI is InChI=1S/C31H42Cl3N3O6Si/c1-29(2,3)43-28(40)36-25(26(38)37-18-17-35-24(19-37)27(39)41-21-31(32,33)34)20-42-44(30(4,5)6,22-13-9-7-10-14-22)23-15-11-8-12-16-23/h7-16,24-25,35H,17-21H2,1-6H3,(H,36,40)/t24-,25-/m0/s1. The van der Waals surface area contributed by atoms with Gasteiger partial charge in [0.1, 0.15) is 24.3 Å². The first-order chi connectivity index (χ1) is 20.4. The van der Waals surface area contributed by atoms with Crippen molar-refractivity contribution in [3.05, 3.63) is 60.7 Å². The number of piperazine rings is 1. The smallest absolute Gasteiger partial charge is 0.408 e. The summed E-state index contributed by atoms with van der Waals surface area (Å²) < 4.78 is 15.9. The molecule has 242 valence electrons. The Morgan fingerprint density at radius 2 is 1.50 bits per heavy atom. The van der Waals surface area contributed by atoms with Gasteiger partial charge in [0.25, 0.3) is 8.32 Å². The first-order valence-electron chi connectivity index (χ1n) is 14.4. The third-order valence-corrected chi connectivity index (χ3v) is 12.4. The van der Waals surface area contributed by atoms with Crippen molar-refractivity contribution in [1.29, 1.82) is 0 Å². The third kappa shape index (κ3) is 9.83. The SMILES string of the molecule is CC(C)(C)OC(=O)N[C@@H](CO[Si](c1ccccc1)(c1ccccc1)C(C)(C)C)C(=O)N1CCN[C@H](C(=O)OCC(Cl)(Cl)Cl)C1. The molecule has 0 radical (unpaired) electrons. The Kier molecular flexibility index (Phi) is 12.2. The fourth-order valence-electron chi connectivity index (χ4n) is 5.18. The van der Waals surface area contributed by atoms with Crippen LogP contribution in [0.2, 0.25) is 5.04 Å². The van der Waals surface area contributed by atoms with E-state index in [0.717, 1.165) is 10.4 Å². The summed E-state index contributed by atoms with van der Waals surface area (Å²) in [6.45, 7) is 11.6. The molecule has 0 unspecified atom stereocenters. The lowest BCUT2D eigenvalue weighted by Gasteiger charge is -2.44. The molecule has 0 bridgehead atoms. The Morgan fingerprint density at radius 3 is 1.98 bits per heavy atom. The molecule has 0 aromatic heterocycles. The average molecular weight is 687 g/mol. The van der Waals surface area contributed by atoms with Crippen molar-refractivity contribution in [2.45, 2.75) is 68.1 Å². The number of benzene rings is 2. The van der Waals surface area contributed by atoms with Crippen molar-refractivity contribution >= 4 is 71.5 Å². The van der Waals surface area contributed by atoms with Gasteiger partial charge in [0.2, 0.25) is 9.70 Å². The number of nitrogens with one attached hydrogen (secondary N) is 2. The van der Waals surface area contributed by atoms with Crippen LogP contribution in [-0.2, 0) is 23.5 Å². The van der Waals surface area contributed by atoms with Crippen LogP contribution >= 0.6 is 34.8 Å². The lowest BCUT2D eigenvalue weighted by atomic mass is 10.1. The second kappa shape index (κ2) is 14.8. The van der Waals surface area contributed by atoms with Crippen LogP contribution in [0.25, 0.3) is 0 Å². The number of amides is 2. The Bertz CT molecular complexity index is 1230. The summed E-state index contributed by atoms with van der Waals surface area (Å²) in [6, 6.07) is 18.0. The third-order valence-electron chi connectivity index (χ3n) is 7.02. The fraction of sp³-hybridized carbons (Fsp3) is 0.516. The number of alkyl halides is 3. The molecule has 2 atom stereocenters. The second-order valence-corrected chi connectivity index (χ2v) is 19.5. The van der Waals surface area contributed by atoms with Gasteiger partial charge in [-0.15, -0.1) is 0 Å². The van der Waals surface area contributed by atoms with Crippen molar-refractivity contribution in [3.63, 3.8) is 0 Å². The van der Waals surface area contributed by atoms with Gasteiger partial charge in [0.05, 0.1) is 6.61 Å². The van der Waals surface area contributed by atoms with Gasteiger partial charge in [-0.1, -0.05) is 116 Å². The quantitative estimate of drug-likeness (QED) is 0.232. The number of carbonyl (C=O) groups excluding carboxylic acids is 3. The number of carbonyl (C=O) groups is 3. The minimum atomic E-state index is -3.05. The molecule has 2 amide bonds. The highest BCUT2D eigenvalue weighted by Crippen LogP contribution is 2.37. The van der Waals surface area contributed by atoms with Crippen LogP contribution in [0.5, 0.6) is 0 Å². The van der Waals surface area contributed by atoms with E-state index >= 15 is 0 Å². The first-order valence-corrected chi connectivity index (χ1v) is 17.5. The maximum Gasteiger partial charge on any atom is 0.408 e. The second-order valence-electron chi connectivity index (χ2n) is 12.7. The number of halogens is 3. The van der Waals surface area contributed by atoms with Crippen molar-refractivity contribution < 1.29 is 28.3 Å². The summed E-state index contributed by atoms with van der Waals surface area (Å²) in [5.41, 5.74) is -0.789. The number of ether oxygens (including phenoxy) is 2. The van der Waals surface area contributed by atoms with E-state index in [1.807, 2.05) is 60.7 Å². The zero-order valence-corrected chi connectivity index (χ0v) is 29.3. The number of hydrogen-bond donors (Lipinski definition) is 2. The number of hydrogen-bond acceptors (Lipinski definition) is 7. The van der Waals surface area contributed by atoms with E-state index < -0.39 is 54.4 Å². The predicted molar refractivity (Wildman–Crippen MR) is 176 cm³/mol. The summed E-state index contributed by atoms with van der Waals surface area (Å²) in [6.07, 6.45) is -0.754. The van der Waals surface area contributed by atoms with Gasteiger partial charge in [-0.2, -0.15) is 0 Å². The molecule has 0 spiro atoms. The molecule has 0 aliphatic carbocycles. The molecule has 3 rings (SSSR count).